The Kier molecular flexibility index (Phi) is 4.47. The van der Waals surface area contributed by atoms with Gasteiger partial charge in [-0.3, -0.25) is 9.69 Å². The third-order valence-electron chi connectivity index (χ3n) is 4.88. The highest BCUT2D eigenvalue weighted by atomic mass is 35.5. The molecule has 1 N–H and O–H groups in total. The Labute approximate surface area is 164 Å². The summed E-state index contributed by atoms with van der Waals surface area (Å²) in [5.74, 6) is -1.74. The van der Waals surface area contributed by atoms with E-state index in [4.69, 9.17) is 21.1 Å². The van der Waals surface area contributed by atoms with E-state index >= 15 is 0 Å². The number of hydrogen-bond acceptors (Lipinski definition) is 5. The number of esters is 1. The van der Waals surface area contributed by atoms with Gasteiger partial charge in [0.1, 0.15) is 12.4 Å². The summed E-state index contributed by atoms with van der Waals surface area (Å²) in [5, 5.41) is 9.69. The predicted octanol–water partition coefficient (Wildman–Crippen LogP) is 3.52. The number of aromatic hydroxyl groups is 1. The van der Waals surface area contributed by atoms with Gasteiger partial charge >= 0.3 is 5.97 Å². The molecule has 28 heavy (non-hydrogen) atoms. The van der Waals surface area contributed by atoms with Crippen LogP contribution in [0.4, 0.5) is 10.1 Å². The summed E-state index contributed by atoms with van der Waals surface area (Å²) in [6, 6.07) is 8.61. The summed E-state index contributed by atoms with van der Waals surface area (Å²) in [5.41, 5.74) is 1.77. The van der Waals surface area contributed by atoms with Gasteiger partial charge in [0.25, 0.3) is 0 Å². The van der Waals surface area contributed by atoms with Crippen LogP contribution in [0.1, 0.15) is 17.9 Å². The molecular weight excluding hydrogens is 389 g/mol. The van der Waals surface area contributed by atoms with Crippen molar-refractivity contribution in [3.05, 3.63) is 64.1 Å². The van der Waals surface area contributed by atoms with E-state index in [2.05, 4.69) is 0 Å². The molecule has 0 fully saturated rings. The molecule has 2 aliphatic rings. The summed E-state index contributed by atoms with van der Waals surface area (Å²) < 4.78 is 23.8. The molecule has 0 saturated heterocycles. The van der Waals surface area contributed by atoms with E-state index in [1.807, 2.05) is 0 Å². The van der Waals surface area contributed by atoms with Crippen LogP contribution in [0.3, 0.4) is 0 Å². The molecule has 1 amide bonds. The lowest BCUT2D eigenvalue weighted by Gasteiger charge is -2.32. The molecule has 8 heteroatoms. The van der Waals surface area contributed by atoms with E-state index < -0.39 is 17.7 Å². The van der Waals surface area contributed by atoms with Gasteiger partial charge in [-0.1, -0.05) is 17.7 Å². The molecule has 2 aromatic rings. The van der Waals surface area contributed by atoms with Gasteiger partial charge in [0.2, 0.25) is 5.91 Å². The molecule has 0 saturated carbocycles. The van der Waals surface area contributed by atoms with Crippen LogP contribution >= 0.6 is 11.6 Å². The minimum atomic E-state index is -0.600. The average Bonchev–Trinajstić information content (AvgIpc) is 3.05. The number of cyclic esters (lactones) is 1. The monoisotopic (exact) mass is 403 g/mol. The second-order valence-corrected chi connectivity index (χ2v) is 6.86. The normalized spacial score (nSPS) is 19.0. The fourth-order valence-electron chi connectivity index (χ4n) is 3.57. The van der Waals surface area contributed by atoms with Crippen molar-refractivity contribution in [1.82, 2.24) is 0 Å². The quantitative estimate of drug-likeness (QED) is 0.793. The maximum absolute atomic E-state index is 13.5. The molecule has 2 aliphatic heterocycles. The number of amides is 1. The Morgan fingerprint density at radius 2 is 2.04 bits per heavy atom. The third kappa shape index (κ3) is 2.88. The summed E-state index contributed by atoms with van der Waals surface area (Å²) in [7, 11) is 1.42. The fourth-order valence-corrected chi connectivity index (χ4v) is 3.75. The second-order valence-electron chi connectivity index (χ2n) is 6.45. The zero-order valence-corrected chi connectivity index (χ0v) is 15.5. The van der Waals surface area contributed by atoms with E-state index in [0.29, 0.717) is 22.5 Å². The first kappa shape index (κ1) is 18.3. The summed E-state index contributed by atoms with van der Waals surface area (Å²) in [4.78, 5) is 26.7. The highest BCUT2D eigenvalue weighted by Gasteiger charge is 2.43. The second kappa shape index (κ2) is 6.83. The molecule has 0 bridgehead atoms. The molecular formula is C20H15ClFNO5. The van der Waals surface area contributed by atoms with Gasteiger partial charge in [0.05, 0.1) is 29.1 Å². The number of ether oxygens (including phenoxy) is 2. The van der Waals surface area contributed by atoms with Crippen LogP contribution < -0.4 is 9.64 Å². The predicted molar refractivity (Wildman–Crippen MR) is 98.9 cm³/mol. The number of phenols is 1. The van der Waals surface area contributed by atoms with E-state index in [9.17, 15) is 19.1 Å². The third-order valence-corrected chi connectivity index (χ3v) is 5.17. The first-order valence-corrected chi connectivity index (χ1v) is 8.83. The van der Waals surface area contributed by atoms with Gasteiger partial charge in [-0.25, -0.2) is 9.18 Å². The molecule has 2 heterocycles. The van der Waals surface area contributed by atoms with Crippen molar-refractivity contribution in [3.63, 3.8) is 0 Å². The highest BCUT2D eigenvalue weighted by Crippen LogP contribution is 2.43. The van der Waals surface area contributed by atoms with Crippen molar-refractivity contribution >= 4 is 29.2 Å². The molecule has 144 valence electrons. The van der Waals surface area contributed by atoms with Crippen LogP contribution in [0.2, 0.25) is 5.02 Å². The topological polar surface area (TPSA) is 76.1 Å². The molecule has 0 spiro atoms. The first-order chi connectivity index (χ1) is 13.4. The van der Waals surface area contributed by atoms with Gasteiger partial charge in [-0.05, 0) is 35.9 Å². The SMILES string of the molecule is COc1cc(C2CC(=O)N(c3ccc(F)c(Cl)c3)C3=C2C(=O)OC3)ccc1O. The van der Waals surface area contributed by atoms with Crippen molar-refractivity contribution in [2.45, 2.75) is 12.3 Å². The van der Waals surface area contributed by atoms with Crippen LogP contribution in [0.5, 0.6) is 11.5 Å². The number of rotatable bonds is 3. The van der Waals surface area contributed by atoms with Crippen molar-refractivity contribution in [3.8, 4) is 11.5 Å². The smallest absolute Gasteiger partial charge is 0.336 e. The average molecular weight is 404 g/mol. The Hall–Kier alpha value is -3.06. The molecule has 1 atom stereocenters. The summed E-state index contributed by atoms with van der Waals surface area (Å²) >= 11 is 5.86. The van der Waals surface area contributed by atoms with E-state index in [0.717, 1.165) is 0 Å². The lowest BCUT2D eigenvalue weighted by atomic mass is 9.84. The number of phenolic OH excluding ortho intramolecular Hbond substituents is 1. The van der Waals surface area contributed by atoms with Crippen LogP contribution in [0.15, 0.2) is 47.7 Å². The zero-order chi connectivity index (χ0) is 20.0. The number of hydrogen-bond donors (Lipinski definition) is 1. The standard InChI is InChI=1S/C20H15ClFNO5/c1-27-17-6-10(2-5-16(17)24)12-8-18(25)23(15-9-28-20(26)19(12)15)11-3-4-14(22)13(21)7-11/h2-7,12,24H,8-9H2,1H3. The first-order valence-electron chi connectivity index (χ1n) is 8.45. The van der Waals surface area contributed by atoms with Crippen LogP contribution in [-0.2, 0) is 14.3 Å². The number of carbonyl (C=O) groups excluding carboxylic acids is 2. The Morgan fingerprint density at radius 3 is 2.75 bits per heavy atom. The van der Waals surface area contributed by atoms with Crippen LogP contribution in [0.25, 0.3) is 0 Å². The Morgan fingerprint density at radius 1 is 1.25 bits per heavy atom. The number of benzene rings is 2. The van der Waals surface area contributed by atoms with Crippen molar-refractivity contribution < 1.29 is 28.6 Å². The lowest BCUT2D eigenvalue weighted by Crippen LogP contribution is -2.37. The maximum atomic E-state index is 13.5. The minimum Gasteiger partial charge on any atom is -0.504 e. The van der Waals surface area contributed by atoms with Gasteiger partial charge in [-0.2, -0.15) is 0 Å². The molecule has 2 aromatic carbocycles. The summed E-state index contributed by atoms with van der Waals surface area (Å²) in [6.07, 6.45) is -0.00312. The van der Waals surface area contributed by atoms with Crippen molar-refractivity contribution in [2.75, 3.05) is 18.6 Å². The largest absolute Gasteiger partial charge is 0.504 e. The minimum absolute atomic E-state index is 0.00312. The number of methoxy groups -OCH3 is 1. The number of anilines is 1. The van der Waals surface area contributed by atoms with E-state index in [1.54, 1.807) is 12.1 Å². The van der Waals surface area contributed by atoms with Gasteiger partial charge in [-0.15, -0.1) is 0 Å². The molecule has 6 nitrogen and oxygen atoms in total. The van der Waals surface area contributed by atoms with Crippen LogP contribution in [-0.4, -0.2) is 30.7 Å². The lowest BCUT2D eigenvalue weighted by molar-refractivity contribution is -0.136. The summed E-state index contributed by atoms with van der Waals surface area (Å²) in [6.45, 7) is -0.0688. The molecule has 1 unspecified atom stereocenters. The molecule has 0 aliphatic carbocycles. The number of carbonyl (C=O) groups is 2. The van der Waals surface area contributed by atoms with E-state index in [1.165, 1.54) is 36.3 Å². The Balaban J connectivity index is 1.82. The van der Waals surface area contributed by atoms with Crippen LogP contribution in [0, 0.1) is 5.82 Å². The van der Waals surface area contributed by atoms with Gasteiger partial charge in [0, 0.05) is 12.3 Å². The Bertz CT molecular complexity index is 1040. The maximum Gasteiger partial charge on any atom is 0.336 e. The van der Waals surface area contributed by atoms with Crippen molar-refractivity contribution in [1.29, 1.82) is 0 Å². The van der Waals surface area contributed by atoms with Crippen molar-refractivity contribution in [2.24, 2.45) is 0 Å². The van der Waals surface area contributed by atoms with E-state index in [-0.39, 0.29) is 35.5 Å². The zero-order valence-electron chi connectivity index (χ0n) is 14.7. The number of nitrogens with zero attached hydrogens (tertiary/aromatic N) is 1. The molecule has 0 radical (unpaired) electrons. The van der Waals surface area contributed by atoms with Gasteiger partial charge in [0.15, 0.2) is 11.5 Å². The molecule has 0 aromatic heterocycles. The van der Waals surface area contributed by atoms with Gasteiger partial charge < -0.3 is 14.6 Å². The number of halogens is 2. The highest BCUT2D eigenvalue weighted by molar-refractivity contribution is 6.31. The fraction of sp³-hybridized carbons (Fsp3) is 0.200. The molecule has 4 rings (SSSR count).